The summed E-state index contributed by atoms with van der Waals surface area (Å²) in [6, 6.07) is 10.3. The van der Waals surface area contributed by atoms with E-state index in [0.29, 0.717) is 40.8 Å². The van der Waals surface area contributed by atoms with Gasteiger partial charge in [-0.1, -0.05) is 26.0 Å². The number of hydrogen-bond donors (Lipinski definition) is 1. The first-order valence-corrected chi connectivity index (χ1v) is 10.4. The van der Waals surface area contributed by atoms with E-state index in [0.717, 1.165) is 12.0 Å². The SMILES string of the molecule is CCC(C)c1ccc(S(=O)(=O)Nc2cc3c(cc2Br)OCCO3)cc1. The topological polar surface area (TPSA) is 64.6 Å². The van der Waals surface area contributed by atoms with Crippen LogP contribution in [0.1, 0.15) is 31.7 Å². The Labute approximate surface area is 156 Å². The molecule has 0 aromatic heterocycles. The minimum atomic E-state index is -3.69. The standard InChI is InChI=1S/C18H20BrNO4S/c1-3-12(2)13-4-6-14(7-5-13)25(21,22)20-16-11-18-17(10-15(16)19)23-8-9-24-18/h4-7,10-12,20H,3,8-9H2,1-2H3. The van der Waals surface area contributed by atoms with E-state index in [1.54, 1.807) is 24.3 Å². The number of rotatable bonds is 5. The number of hydrogen-bond acceptors (Lipinski definition) is 4. The number of sulfonamides is 1. The maximum absolute atomic E-state index is 12.7. The zero-order valence-corrected chi connectivity index (χ0v) is 16.5. The van der Waals surface area contributed by atoms with E-state index in [1.165, 1.54) is 0 Å². The summed E-state index contributed by atoms with van der Waals surface area (Å²) in [7, 11) is -3.69. The zero-order valence-electron chi connectivity index (χ0n) is 14.1. The van der Waals surface area contributed by atoms with Crippen LogP contribution in [0.5, 0.6) is 11.5 Å². The highest BCUT2D eigenvalue weighted by atomic mass is 79.9. The summed E-state index contributed by atoms with van der Waals surface area (Å²) < 4.78 is 39.5. The molecular weight excluding hydrogens is 406 g/mol. The van der Waals surface area contributed by atoms with E-state index in [1.807, 2.05) is 12.1 Å². The molecule has 25 heavy (non-hydrogen) atoms. The fourth-order valence-corrected chi connectivity index (χ4v) is 4.18. The lowest BCUT2D eigenvalue weighted by molar-refractivity contribution is 0.171. The normalized spacial score (nSPS) is 14.8. The number of halogens is 1. The predicted molar refractivity (Wildman–Crippen MR) is 101 cm³/mol. The molecule has 1 heterocycles. The third kappa shape index (κ3) is 3.93. The molecule has 134 valence electrons. The Bertz CT molecular complexity index is 865. The van der Waals surface area contributed by atoms with Crippen molar-refractivity contribution in [3.8, 4) is 11.5 Å². The van der Waals surface area contributed by atoms with Gasteiger partial charge in [0.05, 0.1) is 10.6 Å². The third-order valence-electron chi connectivity index (χ3n) is 4.25. The molecule has 2 aromatic carbocycles. The summed E-state index contributed by atoms with van der Waals surface area (Å²) in [6.45, 7) is 5.15. The molecule has 7 heteroatoms. The first-order valence-electron chi connectivity index (χ1n) is 8.12. The van der Waals surface area contributed by atoms with Crippen molar-refractivity contribution in [1.29, 1.82) is 0 Å². The van der Waals surface area contributed by atoms with Crippen LogP contribution in [0, 0.1) is 0 Å². The van der Waals surface area contributed by atoms with E-state index in [4.69, 9.17) is 9.47 Å². The number of fused-ring (bicyclic) bond motifs is 1. The van der Waals surface area contributed by atoms with Crippen LogP contribution in [-0.4, -0.2) is 21.6 Å². The molecule has 1 aliphatic rings. The van der Waals surface area contributed by atoms with Gasteiger partial charge in [0.1, 0.15) is 13.2 Å². The van der Waals surface area contributed by atoms with Gasteiger partial charge in [-0.15, -0.1) is 0 Å². The smallest absolute Gasteiger partial charge is 0.261 e. The molecule has 1 N–H and O–H groups in total. The molecule has 0 saturated heterocycles. The van der Waals surface area contributed by atoms with Crippen LogP contribution >= 0.6 is 15.9 Å². The maximum Gasteiger partial charge on any atom is 0.261 e. The van der Waals surface area contributed by atoms with Gasteiger partial charge in [-0.2, -0.15) is 0 Å². The van der Waals surface area contributed by atoms with Crippen molar-refractivity contribution in [2.45, 2.75) is 31.1 Å². The molecule has 0 fully saturated rings. The van der Waals surface area contributed by atoms with Gasteiger partial charge in [0.15, 0.2) is 11.5 Å². The first kappa shape index (κ1) is 18.1. The van der Waals surface area contributed by atoms with Crippen molar-refractivity contribution < 1.29 is 17.9 Å². The molecule has 0 spiro atoms. The highest BCUT2D eigenvalue weighted by Crippen LogP contribution is 2.38. The monoisotopic (exact) mass is 425 g/mol. The summed E-state index contributed by atoms with van der Waals surface area (Å²) >= 11 is 3.38. The molecule has 0 radical (unpaired) electrons. The summed E-state index contributed by atoms with van der Waals surface area (Å²) in [4.78, 5) is 0.223. The van der Waals surface area contributed by atoms with E-state index >= 15 is 0 Å². The highest BCUT2D eigenvalue weighted by molar-refractivity contribution is 9.10. The Balaban J connectivity index is 1.86. The van der Waals surface area contributed by atoms with E-state index in [-0.39, 0.29) is 4.90 Å². The second-order valence-corrected chi connectivity index (χ2v) is 8.50. The lowest BCUT2D eigenvalue weighted by atomic mass is 9.99. The Hall–Kier alpha value is -1.73. The molecule has 1 unspecified atom stereocenters. The predicted octanol–water partition coefficient (Wildman–Crippen LogP) is 4.53. The van der Waals surface area contributed by atoms with Crippen molar-refractivity contribution in [3.05, 3.63) is 46.4 Å². The Morgan fingerprint density at radius 1 is 1.12 bits per heavy atom. The first-order chi connectivity index (χ1) is 11.9. The Morgan fingerprint density at radius 2 is 1.72 bits per heavy atom. The van der Waals surface area contributed by atoms with Crippen LogP contribution in [0.2, 0.25) is 0 Å². The summed E-state index contributed by atoms with van der Waals surface area (Å²) in [5.74, 6) is 1.52. The van der Waals surface area contributed by atoms with Gasteiger partial charge in [0.2, 0.25) is 0 Å². The number of anilines is 1. The number of ether oxygens (including phenoxy) is 2. The molecule has 1 atom stereocenters. The third-order valence-corrected chi connectivity index (χ3v) is 6.29. The number of benzene rings is 2. The average Bonchev–Trinajstić information content (AvgIpc) is 2.61. The van der Waals surface area contributed by atoms with Gasteiger partial charge in [0.25, 0.3) is 10.0 Å². The van der Waals surface area contributed by atoms with E-state index < -0.39 is 10.0 Å². The minimum absolute atomic E-state index is 0.223. The molecule has 0 bridgehead atoms. The van der Waals surface area contributed by atoms with Crippen molar-refractivity contribution in [2.75, 3.05) is 17.9 Å². The Morgan fingerprint density at radius 3 is 2.32 bits per heavy atom. The van der Waals surface area contributed by atoms with Gasteiger partial charge in [-0.3, -0.25) is 4.72 Å². The van der Waals surface area contributed by atoms with Gasteiger partial charge in [0, 0.05) is 16.6 Å². The molecule has 1 aliphatic heterocycles. The fraction of sp³-hybridized carbons (Fsp3) is 0.333. The van der Waals surface area contributed by atoms with Crippen LogP contribution in [0.4, 0.5) is 5.69 Å². The van der Waals surface area contributed by atoms with Gasteiger partial charge in [-0.25, -0.2) is 8.42 Å². The second kappa shape index (κ2) is 7.25. The molecule has 0 aliphatic carbocycles. The Kier molecular flexibility index (Phi) is 5.24. The van der Waals surface area contributed by atoms with Crippen LogP contribution in [-0.2, 0) is 10.0 Å². The van der Waals surface area contributed by atoms with E-state index in [2.05, 4.69) is 34.5 Å². The van der Waals surface area contributed by atoms with Gasteiger partial charge >= 0.3 is 0 Å². The molecule has 5 nitrogen and oxygen atoms in total. The van der Waals surface area contributed by atoms with Crippen LogP contribution in [0.15, 0.2) is 45.8 Å². The van der Waals surface area contributed by atoms with Crippen LogP contribution in [0.25, 0.3) is 0 Å². The molecule has 3 rings (SSSR count). The van der Waals surface area contributed by atoms with Crippen molar-refractivity contribution in [3.63, 3.8) is 0 Å². The van der Waals surface area contributed by atoms with E-state index in [9.17, 15) is 8.42 Å². The van der Waals surface area contributed by atoms with Crippen LogP contribution < -0.4 is 14.2 Å². The molecule has 0 amide bonds. The minimum Gasteiger partial charge on any atom is -0.486 e. The van der Waals surface area contributed by atoms with Crippen molar-refractivity contribution in [2.24, 2.45) is 0 Å². The maximum atomic E-state index is 12.7. The van der Waals surface area contributed by atoms with Gasteiger partial charge in [-0.05, 0) is 46.0 Å². The molecule has 2 aromatic rings. The average molecular weight is 426 g/mol. The fourth-order valence-electron chi connectivity index (χ4n) is 2.56. The lowest BCUT2D eigenvalue weighted by Crippen LogP contribution is -2.17. The summed E-state index contributed by atoms with van der Waals surface area (Å²) in [5.41, 5.74) is 1.54. The van der Waals surface area contributed by atoms with Crippen molar-refractivity contribution in [1.82, 2.24) is 0 Å². The molecular formula is C18H20BrNO4S. The lowest BCUT2D eigenvalue weighted by Gasteiger charge is -2.20. The number of nitrogens with one attached hydrogen (secondary N) is 1. The largest absolute Gasteiger partial charge is 0.486 e. The quantitative estimate of drug-likeness (QED) is 0.763. The molecule has 0 saturated carbocycles. The second-order valence-electron chi connectivity index (χ2n) is 5.96. The summed E-state index contributed by atoms with van der Waals surface area (Å²) in [6.07, 6.45) is 1.01. The van der Waals surface area contributed by atoms with Gasteiger partial charge < -0.3 is 9.47 Å². The summed E-state index contributed by atoms with van der Waals surface area (Å²) in [5, 5.41) is 0. The highest BCUT2D eigenvalue weighted by Gasteiger charge is 2.20. The van der Waals surface area contributed by atoms with Crippen LogP contribution in [0.3, 0.4) is 0 Å². The van der Waals surface area contributed by atoms with Crippen molar-refractivity contribution >= 4 is 31.6 Å². The zero-order chi connectivity index (χ0) is 18.0.